The molecule has 79 heavy (non-hydrogen) atoms. The van der Waals surface area contributed by atoms with Gasteiger partial charge in [0.25, 0.3) is 0 Å². The highest BCUT2D eigenvalue weighted by molar-refractivity contribution is 5.71. The van der Waals surface area contributed by atoms with Crippen LogP contribution in [-0.4, -0.2) is 37.2 Å². The van der Waals surface area contributed by atoms with Crippen molar-refractivity contribution in [1.29, 1.82) is 0 Å². The van der Waals surface area contributed by atoms with Crippen LogP contribution in [0.15, 0.2) is 36.5 Å². The van der Waals surface area contributed by atoms with Gasteiger partial charge in [-0.3, -0.25) is 14.4 Å². The first-order valence-electron chi connectivity index (χ1n) is 35.5. The molecular weight excluding hydrogens is 973 g/mol. The summed E-state index contributed by atoms with van der Waals surface area (Å²) in [6.45, 7) is 6.70. The van der Waals surface area contributed by atoms with Crippen molar-refractivity contribution in [3.8, 4) is 0 Å². The number of carbonyl (C=O) groups is 3. The molecule has 1 atom stereocenters. The molecular formula is C73H136O6. The maximum absolute atomic E-state index is 13.0. The summed E-state index contributed by atoms with van der Waals surface area (Å²) in [7, 11) is 0. The molecule has 0 N–H and O–H groups in total. The van der Waals surface area contributed by atoms with Crippen molar-refractivity contribution in [3.63, 3.8) is 0 Å². The number of ether oxygens (including phenoxy) is 3. The van der Waals surface area contributed by atoms with E-state index in [0.717, 1.165) is 64.2 Å². The SMILES string of the molecule is CCCCCCC/C=C\C/C=C\CCCCCCCCCCCCCCCC(=O)OCC(COC(=O)CCCCCCCCCCCCCCCCC)OC(=O)CCCCCCCCCCC/C=C\CCCCCCCCCC. The minimum atomic E-state index is -0.772. The van der Waals surface area contributed by atoms with Crippen LogP contribution in [0.25, 0.3) is 0 Å². The molecule has 6 heteroatoms. The van der Waals surface area contributed by atoms with Crippen LogP contribution in [0.3, 0.4) is 0 Å². The predicted molar refractivity (Wildman–Crippen MR) is 344 cm³/mol. The lowest BCUT2D eigenvalue weighted by molar-refractivity contribution is -0.167. The normalized spacial score (nSPS) is 12.2. The first kappa shape index (κ1) is 76.6. The van der Waals surface area contributed by atoms with Crippen LogP contribution < -0.4 is 0 Å². The Labute approximate surface area is 493 Å². The Morgan fingerprint density at radius 3 is 0.709 bits per heavy atom. The number of allylic oxidation sites excluding steroid dienone is 6. The van der Waals surface area contributed by atoms with Crippen LogP contribution in [0, 0.1) is 0 Å². The van der Waals surface area contributed by atoms with Gasteiger partial charge >= 0.3 is 17.9 Å². The molecule has 1 unspecified atom stereocenters. The first-order chi connectivity index (χ1) is 39.0. The molecule has 0 bridgehead atoms. The van der Waals surface area contributed by atoms with Crippen LogP contribution in [0.1, 0.15) is 393 Å². The molecule has 0 fully saturated rings. The van der Waals surface area contributed by atoms with E-state index >= 15 is 0 Å². The summed E-state index contributed by atoms with van der Waals surface area (Å²) in [6.07, 6.45) is 84.5. The summed E-state index contributed by atoms with van der Waals surface area (Å²) < 4.78 is 17.0. The topological polar surface area (TPSA) is 78.9 Å². The fourth-order valence-corrected chi connectivity index (χ4v) is 10.8. The van der Waals surface area contributed by atoms with Crippen molar-refractivity contribution in [2.24, 2.45) is 0 Å². The zero-order valence-corrected chi connectivity index (χ0v) is 53.4. The van der Waals surface area contributed by atoms with Crippen molar-refractivity contribution in [3.05, 3.63) is 36.5 Å². The van der Waals surface area contributed by atoms with E-state index in [1.54, 1.807) is 0 Å². The minimum Gasteiger partial charge on any atom is -0.462 e. The van der Waals surface area contributed by atoms with E-state index < -0.39 is 6.10 Å². The number of carbonyl (C=O) groups excluding carboxylic acids is 3. The lowest BCUT2D eigenvalue weighted by Crippen LogP contribution is -2.30. The van der Waals surface area contributed by atoms with Crippen LogP contribution in [0.4, 0.5) is 0 Å². The van der Waals surface area contributed by atoms with Crippen molar-refractivity contribution in [2.45, 2.75) is 399 Å². The van der Waals surface area contributed by atoms with Gasteiger partial charge in [0.15, 0.2) is 6.10 Å². The zero-order chi connectivity index (χ0) is 57.1. The molecule has 0 heterocycles. The third-order valence-electron chi connectivity index (χ3n) is 16.1. The average molecular weight is 1110 g/mol. The van der Waals surface area contributed by atoms with Crippen LogP contribution in [-0.2, 0) is 28.6 Å². The van der Waals surface area contributed by atoms with Gasteiger partial charge < -0.3 is 14.2 Å². The second-order valence-corrected chi connectivity index (χ2v) is 24.1. The molecule has 0 aromatic rings. The van der Waals surface area contributed by atoms with Crippen molar-refractivity contribution in [2.75, 3.05) is 13.2 Å². The number of hydrogen-bond donors (Lipinski definition) is 0. The molecule has 0 spiro atoms. The van der Waals surface area contributed by atoms with E-state index in [-0.39, 0.29) is 31.1 Å². The Balaban J connectivity index is 4.27. The minimum absolute atomic E-state index is 0.0676. The number of rotatable bonds is 66. The largest absolute Gasteiger partial charge is 0.462 e. The summed E-state index contributed by atoms with van der Waals surface area (Å²) in [5, 5.41) is 0. The van der Waals surface area contributed by atoms with E-state index in [9.17, 15) is 14.4 Å². The summed E-state index contributed by atoms with van der Waals surface area (Å²) in [5.74, 6) is -0.840. The van der Waals surface area contributed by atoms with Gasteiger partial charge in [-0.05, 0) is 77.0 Å². The third-order valence-corrected chi connectivity index (χ3v) is 16.1. The van der Waals surface area contributed by atoms with Crippen LogP contribution in [0.2, 0.25) is 0 Å². The van der Waals surface area contributed by atoms with E-state index in [1.165, 1.54) is 289 Å². The monoisotopic (exact) mass is 1110 g/mol. The Morgan fingerprint density at radius 1 is 0.253 bits per heavy atom. The maximum atomic E-state index is 13.0. The van der Waals surface area contributed by atoms with Gasteiger partial charge in [-0.15, -0.1) is 0 Å². The van der Waals surface area contributed by atoms with E-state index in [2.05, 4.69) is 57.2 Å². The molecule has 0 aliphatic carbocycles. The predicted octanol–water partition coefficient (Wildman–Crippen LogP) is 24.3. The summed E-state index contributed by atoms with van der Waals surface area (Å²) >= 11 is 0. The fraction of sp³-hybridized carbons (Fsp3) is 0.877. The van der Waals surface area contributed by atoms with E-state index in [0.29, 0.717) is 19.3 Å². The van der Waals surface area contributed by atoms with Crippen molar-refractivity contribution in [1.82, 2.24) is 0 Å². The van der Waals surface area contributed by atoms with Crippen molar-refractivity contribution >= 4 is 17.9 Å². The van der Waals surface area contributed by atoms with Crippen LogP contribution >= 0.6 is 0 Å². The Bertz CT molecular complexity index is 1320. The smallest absolute Gasteiger partial charge is 0.306 e. The Kier molecular flexibility index (Phi) is 66.1. The second-order valence-electron chi connectivity index (χ2n) is 24.1. The number of hydrogen-bond acceptors (Lipinski definition) is 6. The van der Waals surface area contributed by atoms with E-state index in [1.807, 2.05) is 0 Å². The van der Waals surface area contributed by atoms with Gasteiger partial charge in [-0.1, -0.05) is 333 Å². The fourth-order valence-electron chi connectivity index (χ4n) is 10.8. The lowest BCUT2D eigenvalue weighted by Gasteiger charge is -2.18. The van der Waals surface area contributed by atoms with Gasteiger partial charge in [0.05, 0.1) is 0 Å². The first-order valence-corrected chi connectivity index (χ1v) is 35.5. The van der Waals surface area contributed by atoms with Gasteiger partial charge in [-0.25, -0.2) is 0 Å². The molecule has 0 amide bonds. The summed E-state index contributed by atoms with van der Waals surface area (Å²) in [6, 6.07) is 0. The summed E-state index contributed by atoms with van der Waals surface area (Å²) in [5.41, 5.74) is 0. The Hall–Kier alpha value is -2.37. The molecule has 464 valence electrons. The molecule has 0 radical (unpaired) electrons. The third kappa shape index (κ3) is 66.3. The summed E-state index contributed by atoms with van der Waals surface area (Å²) in [4.78, 5) is 38.5. The van der Waals surface area contributed by atoms with Crippen LogP contribution in [0.5, 0.6) is 0 Å². The molecule has 0 rings (SSSR count). The molecule has 0 saturated carbocycles. The van der Waals surface area contributed by atoms with Gasteiger partial charge in [0, 0.05) is 19.3 Å². The molecule has 6 nitrogen and oxygen atoms in total. The van der Waals surface area contributed by atoms with Gasteiger partial charge in [0.2, 0.25) is 0 Å². The molecule has 0 saturated heterocycles. The highest BCUT2D eigenvalue weighted by Gasteiger charge is 2.19. The van der Waals surface area contributed by atoms with Crippen molar-refractivity contribution < 1.29 is 28.6 Å². The Morgan fingerprint density at radius 2 is 0.456 bits per heavy atom. The standard InChI is InChI=1S/C73H136O6/c1-4-7-10-13-16-19-22-25-28-30-32-34-35-36-37-39-40-42-45-48-51-54-57-60-63-66-72(75)78-69-70(68-77-71(74)65-62-59-56-53-50-47-44-27-24-21-18-15-12-9-6-3)79-73(76)67-64-61-58-55-52-49-46-43-41-38-33-31-29-26-23-20-17-14-11-8-5-2/h22,25,30-33,70H,4-21,23-24,26-29,34-69H2,1-3H3/b25-22-,32-30-,33-31-. The highest BCUT2D eigenvalue weighted by Crippen LogP contribution is 2.18. The van der Waals surface area contributed by atoms with Gasteiger partial charge in [-0.2, -0.15) is 0 Å². The highest BCUT2D eigenvalue weighted by atomic mass is 16.6. The quantitative estimate of drug-likeness (QED) is 0.0261. The maximum Gasteiger partial charge on any atom is 0.306 e. The molecule has 0 aliphatic heterocycles. The van der Waals surface area contributed by atoms with E-state index in [4.69, 9.17) is 14.2 Å². The molecule has 0 aromatic carbocycles. The zero-order valence-electron chi connectivity index (χ0n) is 53.4. The number of unbranched alkanes of at least 4 members (excludes halogenated alkanes) is 49. The molecule has 0 aromatic heterocycles. The second kappa shape index (κ2) is 68.1. The molecule has 0 aliphatic rings. The average Bonchev–Trinajstić information content (AvgIpc) is 3.45. The van der Waals surface area contributed by atoms with Gasteiger partial charge in [0.1, 0.15) is 13.2 Å². The number of esters is 3. The lowest BCUT2D eigenvalue weighted by atomic mass is 10.0.